The topological polar surface area (TPSA) is 12.0 Å². The van der Waals surface area contributed by atoms with E-state index in [2.05, 4.69) is 26.2 Å². The summed E-state index contributed by atoms with van der Waals surface area (Å²) in [6, 6.07) is 0.797. The van der Waals surface area contributed by atoms with Crippen LogP contribution in [0.2, 0.25) is 0 Å². The van der Waals surface area contributed by atoms with Crippen LogP contribution in [0, 0.1) is 11.8 Å². The zero-order valence-corrected chi connectivity index (χ0v) is 13.0. The van der Waals surface area contributed by atoms with Crippen molar-refractivity contribution in [1.29, 1.82) is 0 Å². The number of hydrogen-bond donors (Lipinski definition) is 1. The largest absolute Gasteiger partial charge is 0.317 e. The summed E-state index contributed by atoms with van der Waals surface area (Å²) in [5.41, 5.74) is 0. The quantitative estimate of drug-likeness (QED) is 0.531. The summed E-state index contributed by atoms with van der Waals surface area (Å²) in [5, 5.41) is 3.58. The molecule has 108 valence electrons. The smallest absolute Gasteiger partial charge is 0.00924 e. The van der Waals surface area contributed by atoms with Gasteiger partial charge in [-0.1, -0.05) is 65.2 Å². The zero-order valence-electron chi connectivity index (χ0n) is 13.0. The Labute approximate surface area is 115 Å². The average molecular weight is 253 g/mol. The molecule has 1 nitrogen and oxygen atoms in total. The third-order valence-electron chi connectivity index (χ3n) is 4.79. The predicted octanol–water partition coefficient (Wildman–Crippen LogP) is 5.15. The fraction of sp³-hybridized carbons (Fsp3) is 1.00. The van der Waals surface area contributed by atoms with E-state index >= 15 is 0 Å². The Morgan fingerprint density at radius 1 is 1.00 bits per heavy atom. The van der Waals surface area contributed by atoms with Crippen LogP contribution in [-0.4, -0.2) is 13.1 Å². The molecule has 1 fully saturated rings. The molecule has 1 aliphatic carbocycles. The van der Waals surface area contributed by atoms with Crippen molar-refractivity contribution in [3.63, 3.8) is 0 Å². The van der Waals surface area contributed by atoms with Crippen LogP contribution < -0.4 is 5.32 Å². The van der Waals surface area contributed by atoms with Crippen molar-refractivity contribution >= 4 is 0 Å². The summed E-state index contributed by atoms with van der Waals surface area (Å²) in [7, 11) is 2.16. The fourth-order valence-electron chi connectivity index (χ4n) is 3.55. The highest BCUT2D eigenvalue weighted by Gasteiger charge is 2.27. The molecule has 1 aliphatic rings. The predicted molar refractivity (Wildman–Crippen MR) is 82.0 cm³/mol. The molecule has 1 N–H and O–H groups in total. The van der Waals surface area contributed by atoms with Crippen LogP contribution in [0.15, 0.2) is 0 Å². The molecule has 0 radical (unpaired) electrons. The first-order chi connectivity index (χ1) is 8.77. The summed E-state index contributed by atoms with van der Waals surface area (Å²) in [4.78, 5) is 0. The Morgan fingerprint density at radius 3 is 2.22 bits per heavy atom. The second-order valence-electron chi connectivity index (χ2n) is 6.48. The SMILES string of the molecule is CCCCCCCCCC(NC)C1CCC(C)C1. The number of hydrogen-bond acceptors (Lipinski definition) is 1. The van der Waals surface area contributed by atoms with E-state index in [1.165, 1.54) is 70.6 Å². The van der Waals surface area contributed by atoms with Crippen molar-refractivity contribution in [3.05, 3.63) is 0 Å². The number of rotatable bonds is 10. The number of nitrogens with one attached hydrogen (secondary N) is 1. The maximum absolute atomic E-state index is 3.58. The molecule has 1 rings (SSSR count). The Morgan fingerprint density at radius 2 is 1.67 bits per heavy atom. The maximum Gasteiger partial charge on any atom is 0.00924 e. The second-order valence-corrected chi connectivity index (χ2v) is 6.48. The minimum Gasteiger partial charge on any atom is -0.317 e. The van der Waals surface area contributed by atoms with Crippen molar-refractivity contribution in [2.75, 3.05) is 7.05 Å². The van der Waals surface area contributed by atoms with Gasteiger partial charge in [-0.2, -0.15) is 0 Å². The van der Waals surface area contributed by atoms with Crippen molar-refractivity contribution in [2.45, 2.75) is 90.5 Å². The van der Waals surface area contributed by atoms with Crippen LogP contribution in [0.5, 0.6) is 0 Å². The lowest BCUT2D eigenvalue weighted by atomic mass is 9.92. The molecule has 0 bridgehead atoms. The summed E-state index contributed by atoms with van der Waals surface area (Å²) in [6.45, 7) is 4.71. The summed E-state index contributed by atoms with van der Waals surface area (Å²) < 4.78 is 0. The van der Waals surface area contributed by atoms with Gasteiger partial charge in [0.25, 0.3) is 0 Å². The van der Waals surface area contributed by atoms with E-state index in [1.807, 2.05) is 0 Å². The Balaban J connectivity index is 2.02. The first-order valence-corrected chi connectivity index (χ1v) is 8.45. The monoisotopic (exact) mass is 253 g/mol. The van der Waals surface area contributed by atoms with Crippen molar-refractivity contribution in [2.24, 2.45) is 11.8 Å². The van der Waals surface area contributed by atoms with Gasteiger partial charge in [0, 0.05) is 6.04 Å². The lowest BCUT2D eigenvalue weighted by Crippen LogP contribution is -2.32. The van der Waals surface area contributed by atoms with E-state index in [1.54, 1.807) is 0 Å². The summed E-state index contributed by atoms with van der Waals surface area (Å²) >= 11 is 0. The molecule has 0 amide bonds. The molecular weight excluding hydrogens is 218 g/mol. The van der Waals surface area contributed by atoms with Crippen LogP contribution in [0.25, 0.3) is 0 Å². The molecule has 0 aromatic heterocycles. The Bertz CT molecular complexity index is 190. The first-order valence-electron chi connectivity index (χ1n) is 8.45. The lowest BCUT2D eigenvalue weighted by Gasteiger charge is -2.23. The third kappa shape index (κ3) is 6.22. The van der Waals surface area contributed by atoms with Gasteiger partial charge >= 0.3 is 0 Å². The lowest BCUT2D eigenvalue weighted by molar-refractivity contribution is 0.340. The summed E-state index contributed by atoms with van der Waals surface area (Å²) in [6.07, 6.45) is 15.8. The molecule has 0 aromatic rings. The molecule has 0 spiro atoms. The summed E-state index contributed by atoms with van der Waals surface area (Å²) in [5.74, 6) is 1.94. The normalized spacial score (nSPS) is 25.5. The van der Waals surface area contributed by atoms with Crippen LogP contribution >= 0.6 is 0 Å². The van der Waals surface area contributed by atoms with Gasteiger partial charge in [-0.15, -0.1) is 0 Å². The standard InChI is InChI=1S/C17H35N/c1-4-5-6-7-8-9-10-11-17(18-3)16-13-12-15(2)14-16/h15-18H,4-14H2,1-3H3. The van der Waals surface area contributed by atoms with E-state index in [0.717, 1.165) is 17.9 Å². The van der Waals surface area contributed by atoms with Crippen LogP contribution in [0.1, 0.15) is 84.5 Å². The molecule has 3 atom stereocenters. The molecule has 0 saturated heterocycles. The highest BCUT2D eigenvalue weighted by Crippen LogP contribution is 2.34. The van der Waals surface area contributed by atoms with Gasteiger partial charge in [-0.25, -0.2) is 0 Å². The van der Waals surface area contributed by atoms with Crippen LogP contribution in [-0.2, 0) is 0 Å². The average Bonchev–Trinajstić information content (AvgIpc) is 2.79. The molecule has 0 aromatic carbocycles. The van der Waals surface area contributed by atoms with Crippen molar-refractivity contribution in [1.82, 2.24) is 5.32 Å². The van der Waals surface area contributed by atoms with Crippen molar-refractivity contribution in [3.8, 4) is 0 Å². The molecule has 1 saturated carbocycles. The van der Waals surface area contributed by atoms with Gasteiger partial charge in [0.1, 0.15) is 0 Å². The van der Waals surface area contributed by atoms with Crippen LogP contribution in [0.3, 0.4) is 0 Å². The zero-order chi connectivity index (χ0) is 13.2. The van der Waals surface area contributed by atoms with Gasteiger partial charge in [-0.3, -0.25) is 0 Å². The second kappa shape index (κ2) is 9.83. The van der Waals surface area contributed by atoms with Gasteiger partial charge in [0.2, 0.25) is 0 Å². The fourth-order valence-corrected chi connectivity index (χ4v) is 3.55. The van der Waals surface area contributed by atoms with E-state index in [0.29, 0.717) is 0 Å². The number of unbranched alkanes of at least 4 members (excludes halogenated alkanes) is 6. The Hall–Kier alpha value is -0.0400. The molecule has 18 heavy (non-hydrogen) atoms. The van der Waals surface area contributed by atoms with Gasteiger partial charge in [0.15, 0.2) is 0 Å². The van der Waals surface area contributed by atoms with Crippen LogP contribution in [0.4, 0.5) is 0 Å². The highest BCUT2D eigenvalue weighted by molar-refractivity contribution is 4.82. The maximum atomic E-state index is 3.58. The highest BCUT2D eigenvalue weighted by atomic mass is 14.9. The molecule has 3 unspecified atom stereocenters. The van der Waals surface area contributed by atoms with Crippen molar-refractivity contribution < 1.29 is 0 Å². The molecular formula is C17H35N. The minimum atomic E-state index is 0.797. The third-order valence-corrected chi connectivity index (χ3v) is 4.79. The molecule has 0 heterocycles. The van der Waals surface area contributed by atoms with E-state index in [4.69, 9.17) is 0 Å². The molecule has 1 heteroatoms. The van der Waals surface area contributed by atoms with Gasteiger partial charge in [-0.05, 0) is 38.1 Å². The Kier molecular flexibility index (Phi) is 8.75. The van der Waals surface area contributed by atoms with E-state index in [-0.39, 0.29) is 0 Å². The van der Waals surface area contributed by atoms with Gasteiger partial charge in [0.05, 0.1) is 0 Å². The minimum absolute atomic E-state index is 0.797. The van der Waals surface area contributed by atoms with E-state index < -0.39 is 0 Å². The van der Waals surface area contributed by atoms with E-state index in [9.17, 15) is 0 Å². The van der Waals surface area contributed by atoms with Gasteiger partial charge < -0.3 is 5.32 Å². The molecule has 0 aliphatic heterocycles. The first kappa shape index (κ1) is 16.0.